The van der Waals surface area contributed by atoms with Gasteiger partial charge in [-0.3, -0.25) is 0 Å². The second kappa shape index (κ2) is 6.33. The highest BCUT2D eigenvalue weighted by Gasteiger charge is 2.26. The van der Waals surface area contributed by atoms with Crippen LogP contribution in [0.3, 0.4) is 0 Å². The lowest BCUT2D eigenvalue weighted by Gasteiger charge is -2.17. The van der Waals surface area contributed by atoms with Crippen molar-refractivity contribution in [3.05, 3.63) is 28.0 Å². The largest absolute Gasteiger partial charge is 0.327 e. The van der Waals surface area contributed by atoms with Crippen molar-refractivity contribution in [3.63, 3.8) is 0 Å². The topological polar surface area (TPSA) is 21.1 Å². The summed E-state index contributed by atoms with van der Waals surface area (Å²) in [5.74, 6) is 1.56. The van der Waals surface area contributed by atoms with E-state index in [2.05, 4.69) is 21.5 Å². The van der Waals surface area contributed by atoms with E-state index in [1.165, 1.54) is 12.8 Å². The normalized spacial score (nSPS) is 15.3. The van der Waals surface area contributed by atoms with Crippen molar-refractivity contribution in [2.24, 2.45) is 0 Å². The molecule has 2 aromatic rings. The third-order valence-corrected chi connectivity index (χ3v) is 4.95. The minimum Gasteiger partial charge on any atom is -0.327 e. The molecule has 1 aliphatic carbocycles. The van der Waals surface area contributed by atoms with Crippen LogP contribution in [-0.4, -0.2) is 40.0 Å². The fourth-order valence-corrected chi connectivity index (χ4v) is 3.14. The van der Waals surface area contributed by atoms with Crippen LogP contribution in [-0.2, 0) is 13.0 Å². The van der Waals surface area contributed by atoms with Crippen molar-refractivity contribution < 1.29 is 0 Å². The monoisotopic (exact) mass is 345 g/mol. The highest BCUT2D eigenvalue weighted by molar-refractivity contribution is 6.42. The van der Waals surface area contributed by atoms with Crippen LogP contribution < -0.4 is 0 Å². The predicted octanol–water partition coefficient (Wildman–Crippen LogP) is 4.22. The van der Waals surface area contributed by atoms with Crippen LogP contribution in [0, 0.1) is 0 Å². The van der Waals surface area contributed by atoms with Gasteiger partial charge in [0.15, 0.2) is 0 Å². The fourth-order valence-electron chi connectivity index (χ4n) is 2.65. The number of likely N-dealkylation sites (N-methyl/N-ethyl adjacent to an activating group) is 1. The number of fused-ring (bicyclic) bond motifs is 1. The number of hydrogen-bond donors (Lipinski definition) is 0. The first-order valence-electron chi connectivity index (χ1n) is 7.20. The lowest BCUT2D eigenvalue weighted by molar-refractivity contribution is 0.309. The summed E-state index contributed by atoms with van der Waals surface area (Å²) < 4.78 is 2.22. The van der Waals surface area contributed by atoms with Gasteiger partial charge in [0.1, 0.15) is 5.82 Å². The quantitative estimate of drug-likeness (QED) is 0.730. The van der Waals surface area contributed by atoms with E-state index in [0.29, 0.717) is 15.9 Å². The Balaban J connectivity index is 1.92. The summed E-state index contributed by atoms with van der Waals surface area (Å²) >= 11 is 18.2. The summed E-state index contributed by atoms with van der Waals surface area (Å²) in [5, 5.41) is 1.11. The number of imidazole rings is 1. The van der Waals surface area contributed by atoms with Gasteiger partial charge in [0, 0.05) is 31.4 Å². The van der Waals surface area contributed by atoms with E-state index >= 15 is 0 Å². The smallest absolute Gasteiger partial charge is 0.111 e. The number of halogens is 3. The molecule has 3 nitrogen and oxygen atoms in total. The lowest BCUT2D eigenvalue weighted by Crippen LogP contribution is -2.25. The number of aryl methyl sites for hydroxylation is 1. The van der Waals surface area contributed by atoms with Crippen molar-refractivity contribution in [2.45, 2.75) is 31.8 Å². The van der Waals surface area contributed by atoms with E-state index in [4.69, 9.17) is 34.8 Å². The first kappa shape index (κ1) is 15.4. The van der Waals surface area contributed by atoms with Crippen molar-refractivity contribution in [1.29, 1.82) is 0 Å². The molecule has 0 unspecified atom stereocenters. The molecule has 0 aliphatic heterocycles. The molecule has 0 bridgehead atoms. The maximum Gasteiger partial charge on any atom is 0.111 e. The molecule has 0 spiro atoms. The molecule has 6 heteroatoms. The van der Waals surface area contributed by atoms with E-state index < -0.39 is 0 Å². The van der Waals surface area contributed by atoms with Crippen LogP contribution in [0.5, 0.6) is 0 Å². The number of aromatic nitrogens is 2. The zero-order valence-electron chi connectivity index (χ0n) is 12.0. The van der Waals surface area contributed by atoms with Gasteiger partial charge in [-0.1, -0.05) is 23.2 Å². The number of nitrogens with zero attached hydrogens (tertiary/aromatic N) is 3. The van der Waals surface area contributed by atoms with Crippen molar-refractivity contribution in [3.8, 4) is 0 Å². The molecule has 1 aliphatic rings. The molecule has 21 heavy (non-hydrogen) atoms. The average molecular weight is 347 g/mol. The number of hydrogen-bond acceptors (Lipinski definition) is 2. The fraction of sp³-hybridized carbons (Fsp3) is 0.533. The zero-order chi connectivity index (χ0) is 15.0. The molecule has 1 saturated carbocycles. The van der Waals surface area contributed by atoms with E-state index in [0.717, 1.165) is 42.4 Å². The third kappa shape index (κ3) is 3.31. The van der Waals surface area contributed by atoms with Gasteiger partial charge >= 0.3 is 0 Å². The maximum atomic E-state index is 6.16. The van der Waals surface area contributed by atoms with Gasteiger partial charge in [0.05, 0.1) is 21.1 Å². The van der Waals surface area contributed by atoms with Crippen molar-refractivity contribution >= 4 is 45.8 Å². The molecule has 0 radical (unpaired) electrons. The molecule has 0 N–H and O–H groups in total. The molecule has 114 valence electrons. The standard InChI is InChI=1S/C15H18Cl3N3/c1-20(10-2-3-10)6-7-21-14-9-12(18)11(17)8-13(14)19-15(21)4-5-16/h8-10H,2-7H2,1H3. The summed E-state index contributed by atoms with van der Waals surface area (Å²) in [7, 11) is 2.18. The molecule has 1 aromatic carbocycles. The second-order valence-corrected chi connectivity index (χ2v) is 6.78. The molecule has 1 heterocycles. The van der Waals surface area contributed by atoms with E-state index in [1.54, 1.807) is 0 Å². The van der Waals surface area contributed by atoms with E-state index in [9.17, 15) is 0 Å². The SMILES string of the molecule is CN(CCn1c(CCCl)nc2cc(Cl)c(Cl)cc21)C1CC1. The lowest BCUT2D eigenvalue weighted by atomic mass is 10.3. The highest BCUT2D eigenvalue weighted by atomic mass is 35.5. The Morgan fingerprint density at radius 1 is 1.29 bits per heavy atom. The van der Waals surface area contributed by atoms with Gasteiger partial charge < -0.3 is 9.47 Å². The minimum absolute atomic E-state index is 0.543. The molecule has 0 amide bonds. The van der Waals surface area contributed by atoms with Crippen LogP contribution in [0.1, 0.15) is 18.7 Å². The Labute approximate surface area is 139 Å². The molecule has 1 fully saturated rings. The van der Waals surface area contributed by atoms with Gasteiger partial charge in [-0.15, -0.1) is 11.6 Å². The summed E-state index contributed by atoms with van der Waals surface area (Å²) in [6.45, 7) is 1.90. The first-order valence-corrected chi connectivity index (χ1v) is 8.49. The van der Waals surface area contributed by atoms with Gasteiger partial charge in [0.2, 0.25) is 0 Å². The van der Waals surface area contributed by atoms with Gasteiger partial charge in [0.25, 0.3) is 0 Å². The van der Waals surface area contributed by atoms with Crippen molar-refractivity contribution in [1.82, 2.24) is 14.5 Å². The Morgan fingerprint density at radius 3 is 2.67 bits per heavy atom. The molecular weight excluding hydrogens is 329 g/mol. The van der Waals surface area contributed by atoms with Gasteiger partial charge in [-0.25, -0.2) is 4.98 Å². The van der Waals surface area contributed by atoms with E-state index in [1.807, 2.05) is 12.1 Å². The van der Waals surface area contributed by atoms with Crippen LogP contribution in [0.2, 0.25) is 10.0 Å². The summed E-state index contributed by atoms with van der Waals surface area (Å²) in [4.78, 5) is 7.07. The molecule has 3 rings (SSSR count). The Kier molecular flexibility index (Phi) is 4.65. The Hall–Kier alpha value is -0.480. The van der Waals surface area contributed by atoms with E-state index in [-0.39, 0.29) is 0 Å². The Bertz CT molecular complexity index is 649. The molecular formula is C15H18Cl3N3. The number of benzene rings is 1. The van der Waals surface area contributed by atoms with Gasteiger partial charge in [-0.2, -0.15) is 0 Å². The number of rotatable bonds is 6. The molecule has 0 atom stereocenters. The zero-order valence-corrected chi connectivity index (χ0v) is 14.2. The van der Waals surface area contributed by atoms with Crippen LogP contribution in [0.15, 0.2) is 12.1 Å². The highest BCUT2D eigenvalue weighted by Crippen LogP contribution is 2.29. The molecule has 1 aromatic heterocycles. The van der Waals surface area contributed by atoms with Crippen LogP contribution in [0.4, 0.5) is 0 Å². The summed E-state index contributed by atoms with van der Waals surface area (Å²) in [5.41, 5.74) is 1.92. The summed E-state index contributed by atoms with van der Waals surface area (Å²) in [6, 6.07) is 4.49. The average Bonchev–Trinajstić information content (AvgIpc) is 3.24. The summed E-state index contributed by atoms with van der Waals surface area (Å²) in [6.07, 6.45) is 3.38. The predicted molar refractivity (Wildman–Crippen MR) is 89.8 cm³/mol. The van der Waals surface area contributed by atoms with Gasteiger partial charge in [-0.05, 0) is 32.0 Å². The minimum atomic E-state index is 0.543. The first-order chi connectivity index (χ1) is 10.1. The van der Waals surface area contributed by atoms with Crippen LogP contribution in [0.25, 0.3) is 11.0 Å². The second-order valence-electron chi connectivity index (χ2n) is 5.59. The number of alkyl halides is 1. The van der Waals surface area contributed by atoms with Crippen molar-refractivity contribution in [2.75, 3.05) is 19.5 Å². The van der Waals surface area contributed by atoms with Crippen LogP contribution >= 0.6 is 34.8 Å². The third-order valence-electron chi connectivity index (χ3n) is 4.03. The maximum absolute atomic E-state index is 6.16. The Morgan fingerprint density at radius 2 is 2.00 bits per heavy atom. The molecule has 0 saturated heterocycles.